The molecule has 1 atom stereocenters. The van der Waals surface area contributed by atoms with Crippen molar-refractivity contribution in [3.8, 4) is 0 Å². The molecule has 1 N–H and O–H groups in total. The second-order valence-corrected chi connectivity index (χ2v) is 5.04. The lowest BCUT2D eigenvalue weighted by atomic mass is 9.74. The second-order valence-electron chi connectivity index (χ2n) is 5.04. The van der Waals surface area contributed by atoms with Gasteiger partial charge in [0.15, 0.2) is 0 Å². The number of piperidine rings is 1. The standard InChI is InChI=1S/C13H26N2O/c1-5-13(6-2)7-9-15(10-8-13)12(16)11(3)14-4/h11,14H,5-10H2,1-4H3. The van der Waals surface area contributed by atoms with E-state index in [0.29, 0.717) is 5.41 Å². The number of hydrogen-bond donors (Lipinski definition) is 1. The summed E-state index contributed by atoms with van der Waals surface area (Å²) in [6.07, 6.45) is 4.82. The molecule has 1 saturated heterocycles. The van der Waals surface area contributed by atoms with Crippen molar-refractivity contribution in [2.75, 3.05) is 20.1 Å². The zero-order valence-corrected chi connectivity index (χ0v) is 11.2. The van der Waals surface area contributed by atoms with Crippen molar-refractivity contribution in [1.29, 1.82) is 0 Å². The molecular formula is C13H26N2O. The molecule has 3 heteroatoms. The molecule has 1 aliphatic heterocycles. The van der Waals surface area contributed by atoms with Crippen molar-refractivity contribution < 1.29 is 4.79 Å². The van der Waals surface area contributed by atoms with Crippen molar-refractivity contribution in [3.05, 3.63) is 0 Å². The Morgan fingerprint density at radius 1 is 1.31 bits per heavy atom. The molecule has 1 aliphatic rings. The summed E-state index contributed by atoms with van der Waals surface area (Å²) in [6, 6.07) is -0.0456. The minimum absolute atomic E-state index is 0.0456. The van der Waals surface area contributed by atoms with Crippen LogP contribution in [-0.4, -0.2) is 37.0 Å². The van der Waals surface area contributed by atoms with Crippen LogP contribution in [0.5, 0.6) is 0 Å². The molecule has 1 fully saturated rings. The quantitative estimate of drug-likeness (QED) is 0.795. The summed E-state index contributed by atoms with van der Waals surface area (Å²) >= 11 is 0. The van der Waals surface area contributed by atoms with Gasteiger partial charge >= 0.3 is 0 Å². The van der Waals surface area contributed by atoms with Crippen molar-refractivity contribution in [2.24, 2.45) is 5.41 Å². The van der Waals surface area contributed by atoms with E-state index < -0.39 is 0 Å². The molecular weight excluding hydrogens is 200 g/mol. The normalized spacial score (nSPS) is 21.9. The summed E-state index contributed by atoms with van der Waals surface area (Å²) < 4.78 is 0. The molecule has 0 spiro atoms. The molecule has 1 rings (SSSR count). The van der Waals surface area contributed by atoms with Crippen LogP contribution < -0.4 is 5.32 Å². The molecule has 16 heavy (non-hydrogen) atoms. The summed E-state index contributed by atoms with van der Waals surface area (Å²) in [7, 11) is 1.84. The van der Waals surface area contributed by atoms with Gasteiger partial charge < -0.3 is 10.2 Å². The molecule has 1 unspecified atom stereocenters. The first-order valence-corrected chi connectivity index (χ1v) is 6.54. The predicted molar refractivity (Wildman–Crippen MR) is 67.4 cm³/mol. The summed E-state index contributed by atoms with van der Waals surface area (Å²) in [5.41, 5.74) is 0.500. The average molecular weight is 226 g/mol. The SMILES string of the molecule is CCC1(CC)CCN(C(=O)C(C)NC)CC1. The summed E-state index contributed by atoms with van der Waals surface area (Å²) in [5.74, 6) is 0.253. The molecule has 0 aromatic heterocycles. The Balaban J connectivity index is 2.51. The fourth-order valence-corrected chi connectivity index (χ4v) is 2.56. The molecule has 1 heterocycles. The van der Waals surface area contributed by atoms with Crippen LogP contribution in [0.15, 0.2) is 0 Å². The number of likely N-dealkylation sites (tertiary alicyclic amines) is 1. The highest BCUT2D eigenvalue weighted by Crippen LogP contribution is 2.37. The number of carbonyl (C=O) groups is 1. The van der Waals surface area contributed by atoms with Gasteiger partial charge in [0.25, 0.3) is 0 Å². The van der Waals surface area contributed by atoms with E-state index in [1.165, 1.54) is 25.7 Å². The van der Waals surface area contributed by atoms with E-state index in [0.717, 1.165) is 13.1 Å². The number of amides is 1. The molecule has 0 bridgehead atoms. The number of nitrogens with zero attached hydrogens (tertiary/aromatic N) is 1. The van der Waals surface area contributed by atoms with Crippen LogP contribution in [0, 0.1) is 5.41 Å². The van der Waals surface area contributed by atoms with Gasteiger partial charge in [0.2, 0.25) is 5.91 Å². The maximum absolute atomic E-state index is 12.0. The largest absolute Gasteiger partial charge is 0.341 e. The molecule has 0 aliphatic carbocycles. The molecule has 0 aromatic carbocycles. The van der Waals surface area contributed by atoms with Crippen molar-refractivity contribution in [3.63, 3.8) is 0 Å². The molecule has 0 saturated carbocycles. The zero-order chi connectivity index (χ0) is 12.2. The highest BCUT2D eigenvalue weighted by atomic mass is 16.2. The Labute approximate surface area is 99.6 Å². The maximum Gasteiger partial charge on any atom is 0.239 e. The highest BCUT2D eigenvalue weighted by molar-refractivity contribution is 5.81. The van der Waals surface area contributed by atoms with Gasteiger partial charge in [0, 0.05) is 13.1 Å². The molecule has 0 radical (unpaired) electrons. The smallest absolute Gasteiger partial charge is 0.239 e. The van der Waals surface area contributed by atoms with E-state index >= 15 is 0 Å². The van der Waals surface area contributed by atoms with Crippen LogP contribution in [0.3, 0.4) is 0 Å². The third-order valence-corrected chi connectivity index (χ3v) is 4.44. The number of hydrogen-bond acceptors (Lipinski definition) is 2. The summed E-state index contributed by atoms with van der Waals surface area (Å²) in [6.45, 7) is 8.36. The van der Waals surface area contributed by atoms with E-state index in [9.17, 15) is 4.79 Å². The Kier molecular flexibility index (Phi) is 4.78. The fourth-order valence-electron chi connectivity index (χ4n) is 2.56. The van der Waals surface area contributed by atoms with E-state index in [1.807, 2.05) is 18.9 Å². The minimum atomic E-state index is -0.0456. The topological polar surface area (TPSA) is 32.3 Å². The molecule has 0 aromatic rings. The number of likely N-dealkylation sites (N-methyl/N-ethyl adjacent to an activating group) is 1. The second kappa shape index (κ2) is 5.67. The Morgan fingerprint density at radius 3 is 2.19 bits per heavy atom. The van der Waals surface area contributed by atoms with Crippen molar-refractivity contribution in [2.45, 2.75) is 52.5 Å². The highest BCUT2D eigenvalue weighted by Gasteiger charge is 2.33. The number of carbonyl (C=O) groups excluding carboxylic acids is 1. The van der Waals surface area contributed by atoms with Crippen molar-refractivity contribution >= 4 is 5.91 Å². The van der Waals surface area contributed by atoms with Crippen LogP contribution in [0.2, 0.25) is 0 Å². The first kappa shape index (κ1) is 13.5. The third kappa shape index (κ3) is 2.76. The van der Waals surface area contributed by atoms with Crippen LogP contribution >= 0.6 is 0 Å². The lowest BCUT2D eigenvalue weighted by Gasteiger charge is -2.41. The molecule has 3 nitrogen and oxygen atoms in total. The van der Waals surface area contributed by atoms with Gasteiger partial charge in [-0.2, -0.15) is 0 Å². The molecule has 94 valence electrons. The third-order valence-electron chi connectivity index (χ3n) is 4.44. The van der Waals surface area contributed by atoms with Gasteiger partial charge in [-0.1, -0.05) is 26.7 Å². The van der Waals surface area contributed by atoms with Crippen molar-refractivity contribution in [1.82, 2.24) is 10.2 Å². The predicted octanol–water partition coefficient (Wildman–Crippen LogP) is 2.02. The van der Waals surface area contributed by atoms with Gasteiger partial charge in [-0.25, -0.2) is 0 Å². The van der Waals surface area contributed by atoms with Gasteiger partial charge in [-0.3, -0.25) is 4.79 Å². The number of nitrogens with one attached hydrogen (secondary N) is 1. The lowest BCUT2D eigenvalue weighted by molar-refractivity contribution is -0.135. The monoisotopic (exact) mass is 226 g/mol. The minimum Gasteiger partial charge on any atom is -0.341 e. The lowest BCUT2D eigenvalue weighted by Crippen LogP contribution is -2.49. The van der Waals surface area contributed by atoms with E-state index in [-0.39, 0.29) is 11.9 Å². The van der Waals surface area contributed by atoms with Crippen LogP contribution in [0.4, 0.5) is 0 Å². The van der Waals surface area contributed by atoms with E-state index in [1.54, 1.807) is 0 Å². The average Bonchev–Trinajstić information content (AvgIpc) is 2.37. The first-order valence-electron chi connectivity index (χ1n) is 6.54. The Hall–Kier alpha value is -0.570. The maximum atomic E-state index is 12.0. The van der Waals surface area contributed by atoms with Crippen LogP contribution in [0.1, 0.15) is 46.5 Å². The number of rotatable bonds is 4. The molecule has 1 amide bonds. The zero-order valence-electron chi connectivity index (χ0n) is 11.2. The van der Waals surface area contributed by atoms with Gasteiger partial charge in [-0.15, -0.1) is 0 Å². The first-order chi connectivity index (χ1) is 7.58. The van der Waals surface area contributed by atoms with E-state index in [4.69, 9.17) is 0 Å². The summed E-state index contributed by atoms with van der Waals surface area (Å²) in [5, 5.41) is 3.02. The van der Waals surface area contributed by atoms with Gasteiger partial charge in [0.1, 0.15) is 0 Å². The Bertz CT molecular complexity index is 226. The van der Waals surface area contributed by atoms with Gasteiger partial charge in [-0.05, 0) is 32.2 Å². The van der Waals surface area contributed by atoms with Gasteiger partial charge in [0.05, 0.1) is 6.04 Å². The fraction of sp³-hybridized carbons (Fsp3) is 0.923. The van der Waals surface area contributed by atoms with E-state index in [2.05, 4.69) is 19.2 Å². The Morgan fingerprint density at radius 2 is 1.81 bits per heavy atom. The summed E-state index contributed by atoms with van der Waals surface area (Å²) in [4.78, 5) is 14.0. The van der Waals surface area contributed by atoms with Crippen LogP contribution in [-0.2, 0) is 4.79 Å². The van der Waals surface area contributed by atoms with Crippen LogP contribution in [0.25, 0.3) is 0 Å².